The smallest absolute Gasteiger partial charge is 0.199 e. The highest BCUT2D eigenvalue weighted by Gasteiger charge is 2.02. The third-order valence-corrected chi connectivity index (χ3v) is 1.20. The molecule has 56 valence electrons. The second kappa shape index (κ2) is 2.15. The first-order valence-electron chi connectivity index (χ1n) is 3.03. The van der Waals surface area contributed by atoms with Gasteiger partial charge in [0, 0.05) is 6.07 Å². The molecule has 0 spiro atoms. The third kappa shape index (κ3) is 0.977. The van der Waals surface area contributed by atoms with Crippen LogP contribution in [0, 0.1) is 6.92 Å². The van der Waals surface area contributed by atoms with E-state index in [1.807, 2.05) is 0 Å². The van der Waals surface area contributed by atoms with E-state index in [4.69, 9.17) is 4.52 Å². The Labute approximate surface area is 61.8 Å². The monoisotopic (exact) mass is 151 g/mol. The van der Waals surface area contributed by atoms with Crippen LogP contribution in [0.1, 0.15) is 5.76 Å². The molecule has 0 saturated heterocycles. The average Bonchev–Trinajstić information content (AvgIpc) is 2.55. The summed E-state index contributed by atoms with van der Waals surface area (Å²) in [6.45, 7) is 1.81. The van der Waals surface area contributed by atoms with Crippen LogP contribution in [0.4, 0.5) is 0 Å². The molecule has 0 radical (unpaired) electrons. The molecule has 0 aliphatic carbocycles. The fraction of sp³-hybridized carbons (Fsp3) is 0.200. The molecule has 0 aromatic carbocycles. The summed E-state index contributed by atoms with van der Waals surface area (Å²) in [5.74, 6) is 1.32. The van der Waals surface area contributed by atoms with Gasteiger partial charge in [0.15, 0.2) is 5.82 Å². The highest BCUT2D eigenvalue weighted by atomic mass is 16.5. The number of hydrogen-bond donors (Lipinski definition) is 0. The summed E-state index contributed by atoms with van der Waals surface area (Å²) in [4.78, 5) is 0. The molecule has 2 aromatic heterocycles. The summed E-state index contributed by atoms with van der Waals surface area (Å²) in [5.41, 5.74) is 0. The molecular formula is C5H5N5O. The maximum atomic E-state index is 4.82. The van der Waals surface area contributed by atoms with Gasteiger partial charge in [-0.3, -0.25) is 0 Å². The van der Waals surface area contributed by atoms with Gasteiger partial charge >= 0.3 is 0 Å². The molecule has 0 fully saturated rings. The molecule has 6 nitrogen and oxygen atoms in total. The van der Waals surface area contributed by atoms with Crippen molar-refractivity contribution in [2.24, 2.45) is 0 Å². The van der Waals surface area contributed by atoms with Gasteiger partial charge in [0.25, 0.3) is 0 Å². The van der Waals surface area contributed by atoms with Crippen LogP contribution < -0.4 is 0 Å². The predicted octanol–water partition coefficient (Wildman–Crippen LogP) is -0.0413. The Morgan fingerprint density at radius 3 is 3.00 bits per heavy atom. The van der Waals surface area contributed by atoms with E-state index in [1.54, 1.807) is 13.0 Å². The molecule has 0 amide bonds. The SMILES string of the molecule is Cc1cc(-n2cnnn2)no1. The molecule has 0 unspecified atom stereocenters. The first kappa shape index (κ1) is 6.02. The quantitative estimate of drug-likeness (QED) is 0.571. The third-order valence-electron chi connectivity index (χ3n) is 1.20. The van der Waals surface area contributed by atoms with E-state index >= 15 is 0 Å². The lowest BCUT2D eigenvalue weighted by molar-refractivity contribution is 0.393. The Morgan fingerprint density at radius 1 is 1.55 bits per heavy atom. The van der Waals surface area contributed by atoms with Crippen LogP contribution in [0.15, 0.2) is 16.9 Å². The first-order chi connectivity index (χ1) is 5.36. The minimum atomic E-state index is 0.590. The number of tetrazole rings is 1. The highest BCUT2D eigenvalue weighted by molar-refractivity contribution is 5.18. The molecule has 0 aliphatic rings. The number of nitrogens with zero attached hydrogens (tertiary/aromatic N) is 5. The summed E-state index contributed by atoms with van der Waals surface area (Å²) in [6.07, 6.45) is 1.46. The van der Waals surface area contributed by atoms with Crippen molar-refractivity contribution in [1.82, 2.24) is 25.4 Å². The van der Waals surface area contributed by atoms with Crippen molar-refractivity contribution in [1.29, 1.82) is 0 Å². The summed E-state index contributed by atoms with van der Waals surface area (Å²) >= 11 is 0. The van der Waals surface area contributed by atoms with E-state index in [-0.39, 0.29) is 0 Å². The van der Waals surface area contributed by atoms with Crippen LogP contribution in [-0.2, 0) is 0 Å². The lowest BCUT2D eigenvalue weighted by Crippen LogP contribution is -1.94. The van der Waals surface area contributed by atoms with E-state index in [1.165, 1.54) is 11.0 Å². The van der Waals surface area contributed by atoms with Crippen molar-refractivity contribution in [3.8, 4) is 5.82 Å². The van der Waals surface area contributed by atoms with Crippen molar-refractivity contribution in [3.63, 3.8) is 0 Å². The van der Waals surface area contributed by atoms with E-state index in [0.717, 1.165) is 5.76 Å². The summed E-state index contributed by atoms with van der Waals surface area (Å²) in [7, 11) is 0. The van der Waals surface area contributed by atoms with Gasteiger partial charge in [-0.2, -0.15) is 4.68 Å². The molecule has 0 atom stereocenters. The zero-order valence-corrected chi connectivity index (χ0v) is 5.80. The van der Waals surface area contributed by atoms with Gasteiger partial charge in [-0.15, -0.1) is 5.10 Å². The highest BCUT2D eigenvalue weighted by Crippen LogP contribution is 2.03. The van der Waals surface area contributed by atoms with Crippen molar-refractivity contribution < 1.29 is 4.52 Å². The fourth-order valence-corrected chi connectivity index (χ4v) is 0.727. The van der Waals surface area contributed by atoms with Crippen molar-refractivity contribution in [2.45, 2.75) is 6.92 Å². The van der Waals surface area contributed by atoms with Crippen LogP contribution in [-0.4, -0.2) is 25.4 Å². The number of aryl methyl sites for hydroxylation is 1. The Bertz CT molecular complexity index is 337. The Balaban J connectivity index is 2.45. The van der Waals surface area contributed by atoms with Gasteiger partial charge in [0.1, 0.15) is 12.1 Å². The maximum Gasteiger partial charge on any atom is 0.199 e. The number of rotatable bonds is 1. The maximum absolute atomic E-state index is 4.82. The van der Waals surface area contributed by atoms with Crippen LogP contribution in [0.25, 0.3) is 5.82 Å². The van der Waals surface area contributed by atoms with Crippen LogP contribution in [0.5, 0.6) is 0 Å². The van der Waals surface area contributed by atoms with Crippen LogP contribution in [0.2, 0.25) is 0 Å². The van der Waals surface area contributed by atoms with Gasteiger partial charge < -0.3 is 4.52 Å². The Kier molecular flexibility index (Phi) is 1.18. The largest absolute Gasteiger partial charge is 0.359 e. The minimum absolute atomic E-state index is 0.590. The van der Waals surface area contributed by atoms with Gasteiger partial charge in [0.2, 0.25) is 0 Å². The van der Waals surface area contributed by atoms with E-state index in [0.29, 0.717) is 5.82 Å². The predicted molar refractivity (Wildman–Crippen MR) is 34.0 cm³/mol. The second-order valence-electron chi connectivity index (χ2n) is 2.05. The standard InChI is InChI=1S/C5H5N5O/c1-4-2-5(7-11-4)10-3-6-8-9-10/h2-3H,1H3. The molecule has 2 heterocycles. The van der Waals surface area contributed by atoms with Gasteiger partial charge in [-0.1, -0.05) is 5.16 Å². The normalized spacial score (nSPS) is 10.3. The van der Waals surface area contributed by atoms with Crippen LogP contribution >= 0.6 is 0 Å². The van der Waals surface area contributed by atoms with E-state index in [9.17, 15) is 0 Å². The Hall–Kier alpha value is -1.72. The summed E-state index contributed by atoms with van der Waals surface area (Å²) in [5, 5.41) is 14.3. The average molecular weight is 151 g/mol. The molecule has 2 rings (SSSR count). The van der Waals surface area contributed by atoms with Crippen molar-refractivity contribution in [2.75, 3.05) is 0 Å². The molecule has 0 N–H and O–H groups in total. The number of aromatic nitrogens is 5. The Morgan fingerprint density at radius 2 is 2.45 bits per heavy atom. The second-order valence-corrected chi connectivity index (χ2v) is 2.05. The topological polar surface area (TPSA) is 69.6 Å². The summed E-state index contributed by atoms with van der Waals surface area (Å²) < 4.78 is 6.25. The summed E-state index contributed by atoms with van der Waals surface area (Å²) in [6, 6.07) is 1.75. The van der Waals surface area contributed by atoms with Crippen molar-refractivity contribution in [3.05, 3.63) is 18.2 Å². The minimum Gasteiger partial charge on any atom is -0.359 e. The molecular weight excluding hydrogens is 146 g/mol. The van der Waals surface area contributed by atoms with E-state index in [2.05, 4.69) is 20.7 Å². The number of hydrogen-bond acceptors (Lipinski definition) is 5. The van der Waals surface area contributed by atoms with Crippen LogP contribution in [0.3, 0.4) is 0 Å². The zero-order chi connectivity index (χ0) is 7.68. The first-order valence-corrected chi connectivity index (χ1v) is 3.03. The zero-order valence-electron chi connectivity index (χ0n) is 5.80. The van der Waals surface area contributed by atoms with E-state index < -0.39 is 0 Å². The van der Waals surface area contributed by atoms with Gasteiger partial charge in [-0.05, 0) is 17.4 Å². The molecule has 2 aromatic rings. The molecule has 6 heteroatoms. The molecule has 0 aliphatic heterocycles. The van der Waals surface area contributed by atoms with Gasteiger partial charge in [0.05, 0.1) is 0 Å². The van der Waals surface area contributed by atoms with Crippen molar-refractivity contribution >= 4 is 0 Å². The lowest BCUT2D eigenvalue weighted by atomic mass is 10.5. The molecule has 0 saturated carbocycles. The molecule has 11 heavy (non-hydrogen) atoms. The lowest BCUT2D eigenvalue weighted by Gasteiger charge is -1.84. The fourth-order valence-electron chi connectivity index (χ4n) is 0.727. The molecule has 0 bridgehead atoms. The van der Waals surface area contributed by atoms with Gasteiger partial charge in [-0.25, -0.2) is 0 Å².